The van der Waals surface area contributed by atoms with Crippen molar-refractivity contribution in [2.75, 3.05) is 14.1 Å². The van der Waals surface area contributed by atoms with Crippen LogP contribution in [0.1, 0.15) is 75.7 Å². The van der Waals surface area contributed by atoms with Crippen LogP contribution in [0.15, 0.2) is 0 Å². The Balaban J connectivity index is 5.70. The number of ketones is 1. The maximum atomic E-state index is 15.0. The summed E-state index contributed by atoms with van der Waals surface area (Å²) in [5.74, 6) is -12.3. The number of alkyl carbamates (subject to hydrolysis) is 1. The second kappa shape index (κ2) is 15.8. The highest BCUT2D eigenvalue weighted by Crippen LogP contribution is 2.20. The van der Waals surface area contributed by atoms with Crippen molar-refractivity contribution in [1.29, 1.82) is 0 Å². The minimum absolute atomic E-state index is 0.292. The number of rotatable bonds is 14. The number of likely N-dealkylation sites (N-methyl/N-ethyl adjacent to an activating group) is 1. The second-order valence-corrected chi connectivity index (χ2v) is 12.3. The molecule has 4 N–H and O–H groups in total. The van der Waals surface area contributed by atoms with E-state index in [0.29, 0.717) is 6.42 Å². The summed E-state index contributed by atoms with van der Waals surface area (Å²) < 4.78 is 35.2. The molecular formula is C28H49F2N5O7. The summed E-state index contributed by atoms with van der Waals surface area (Å²) in [6.45, 7) is 15.6. The number of nitrogens with zero attached hydrogens (tertiary/aromatic N) is 1. The molecule has 0 aliphatic rings. The van der Waals surface area contributed by atoms with Gasteiger partial charge in [-0.2, -0.15) is 8.78 Å². The number of ether oxygens (including phenoxy) is 1. The van der Waals surface area contributed by atoms with Crippen LogP contribution in [0, 0.1) is 17.8 Å². The van der Waals surface area contributed by atoms with Crippen molar-refractivity contribution in [2.45, 2.75) is 111 Å². The minimum atomic E-state index is -4.62. The normalized spacial score (nSPS) is 15.5. The summed E-state index contributed by atoms with van der Waals surface area (Å²) >= 11 is 0. The van der Waals surface area contributed by atoms with Crippen molar-refractivity contribution in [1.82, 2.24) is 26.2 Å². The molecule has 0 aromatic rings. The zero-order valence-electron chi connectivity index (χ0n) is 26.8. The molecule has 0 aromatic heterocycles. The van der Waals surface area contributed by atoms with Crippen LogP contribution in [-0.4, -0.2) is 90.2 Å². The Kier molecular flexibility index (Phi) is 14.5. The lowest BCUT2D eigenvalue weighted by atomic mass is 9.96. The van der Waals surface area contributed by atoms with Gasteiger partial charge in [0.05, 0.1) is 6.04 Å². The second-order valence-electron chi connectivity index (χ2n) is 12.3. The van der Waals surface area contributed by atoms with Crippen LogP contribution in [0.5, 0.6) is 0 Å². The van der Waals surface area contributed by atoms with Crippen LogP contribution >= 0.6 is 0 Å². The standard InChI is InChI=1S/C28H49F2N5O7/c1-13-16(6)20(24(39)35(11)12)32-23(38)18(14(2)3)33-25(40)28(29,30)21(36)17(7)31-22(37)19(15(4)5)34-26(41)42-27(8,9)10/h14-20H,13H2,1-12H3,(H,31,37)(H,32,38)(H,33,40)(H,34,41)/t16?,17-,18-,19-,20-/m0/s1. The molecule has 5 amide bonds. The summed E-state index contributed by atoms with van der Waals surface area (Å²) in [7, 11) is 3.02. The number of hydrogen-bond acceptors (Lipinski definition) is 7. The molecule has 0 radical (unpaired) electrons. The zero-order valence-corrected chi connectivity index (χ0v) is 26.8. The van der Waals surface area contributed by atoms with E-state index in [2.05, 4.69) is 16.0 Å². The van der Waals surface area contributed by atoms with Gasteiger partial charge in [0.1, 0.15) is 23.7 Å². The van der Waals surface area contributed by atoms with E-state index in [0.717, 1.165) is 6.92 Å². The highest BCUT2D eigenvalue weighted by molar-refractivity contribution is 6.11. The lowest BCUT2D eigenvalue weighted by Gasteiger charge is -2.30. The highest BCUT2D eigenvalue weighted by atomic mass is 19.3. The van der Waals surface area contributed by atoms with E-state index in [1.807, 2.05) is 12.2 Å². The Labute approximate surface area is 247 Å². The van der Waals surface area contributed by atoms with Gasteiger partial charge in [0.25, 0.3) is 5.91 Å². The third-order valence-electron chi connectivity index (χ3n) is 6.42. The lowest BCUT2D eigenvalue weighted by Crippen LogP contribution is -2.61. The maximum Gasteiger partial charge on any atom is 0.408 e. The quantitative estimate of drug-likeness (QED) is 0.220. The number of hydrogen-bond donors (Lipinski definition) is 4. The molecule has 14 heteroatoms. The fraction of sp³-hybridized carbons (Fsp3) is 0.786. The Hall–Kier alpha value is -3.32. The van der Waals surface area contributed by atoms with Gasteiger partial charge < -0.3 is 30.9 Å². The number of carbonyl (C=O) groups excluding carboxylic acids is 6. The van der Waals surface area contributed by atoms with E-state index >= 15 is 8.78 Å². The number of Topliss-reactive ketones (excluding diaryl/α,β-unsaturated/α-hetero) is 1. The van der Waals surface area contributed by atoms with Gasteiger partial charge in [-0.15, -0.1) is 0 Å². The highest BCUT2D eigenvalue weighted by Gasteiger charge is 2.51. The fourth-order valence-corrected chi connectivity index (χ4v) is 3.69. The van der Waals surface area contributed by atoms with Crippen molar-refractivity contribution < 1.29 is 42.3 Å². The van der Waals surface area contributed by atoms with Crippen molar-refractivity contribution in [3.8, 4) is 0 Å². The molecular weight excluding hydrogens is 556 g/mol. The molecule has 42 heavy (non-hydrogen) atoms. The predicted molar refractivity (Wildman–Crippen MR) is 152 cm³/mol. The summed E-state index contributed by atoms with van der Waals surface area (Å²) in [5, 5.41) is 8.94. The molecule has 12 nitrogen and oxygen atoms in total. The van der Waals surface area contributed by atoms with Gasteiger partial charge in [0.2, 0.25) is 23.5 Å². The Morgan fingerprint density at radius 3 is 1.60 bits per heavy atom. The first-order valence-corrected chi connectivity index (χ1v) is 14.0. The molecule has 1 unspecified atom stereocenters. The van der Waals surface area contributed by atoms with Crippen LogP contribution in [0.4, 0.5) is 13.6 Å². The third kappa shape index (κ3) is 11.5. The predicted octanol–water partition coefficient (Wildman–Crippen LogP) is 2.00. The Morgan fingerprint density at radius 1 is 0.738 bits per heavy atom. The van der Waals surface area contributed by atoms with E-state index in [-0.39, 0.29) is 5.92 Å². The number of amides is 5. The van der Waals surface area contributed by atoms with Crippen LogP contribution in [-0.2, 0) is 28.7 Å². The molecule has 0 saturated heterocycles. The first-order chi connectivity index (χ1) is 19.0. The average Bonchev–Trinajstić information content (AvgIpc) is 2.85. The minimum Gasteiger partial charge on any atom is -0.444 e. The van der Waals surface area contributed by atoms with Crippen molar-refractivity contribution in [3.05, 3.63) is 0 Å². The summed E-state index contributed by atoms with van der Waals surface area (Å²) in [6, 6.07) is -5.52. The molecule has 0 saturated carbocycles. The topological polar surface area (TPSA) is 163 Å². The Morgan fingerprint density at radius 2 is 1.19 bits per heavy atom. The molecule has 0 fully saturated rings. The molecule has 0 aliphatic carbocycles. The molecule has 0 aliphatic heterocycles. The van der Waals surface area contributed by atoms with E-state index in [1.54, 1.807) is 41.5 Å². The molecule has 242 valence electrons. The van der Waals surface area contributed by atoms with Gasteiger partial charge in [-0.3, -0.25) is 24.0 Å². The number of nitrogens with one attached hydrogen (secondary N) is 4. The summed E-state index contributed by atoms with van der Waals surface area (Å²) in [5.41, 5.74) is -0.859. The van der Waals surface area contributed by atoms with Crippen molar-refractivity contribution in [2.24, 2.45) is 17.8 Å². The number of halogens is 2. The third-order valence-corrected chi connectivity index (χ3v) is 6.42. The van der Waals surface area contributed by atoms with Crippen molar-refractivity contribution >= 4 is 35.5 Å². The first-order valence-electron chi connectivity index (χ1n) is 14.0. The largest absolute Gasteiger partial charge is 0.444 e. The van der Waals surface area contributed by atoms with Gasteiger partial charge in [0, 0.05) is 14.1 Å². The van der Waals surface area contributed by atoms with Gasteiger partial charge in [0.15, 0.2) is 0 Å². The van der Waals surface area contributed by atoms with Crippen LogP contribution in [0.2, 0.25) is 0 Å². The molecule has 0 aromatic carbocycles. The Bertz CT molecular complexity index is 996. The smallest absolute Gasteiger partial charge is 0.408 e. The van der Waals surface area contributed by atoms with Gasteiger partial charge in [-0.05, 0) is 45.4 Å². The summed E-state index contributed by atoms with van der Waals surface area (Å²) in [4.78, 5) is 77.1. The van der Waals surface area contributed by atoms with E-state index in [1.165, 1.54) is 32.8 Å². The van der Waals surface area contributed by atoms with E-state index in [4.69, 9.17) is 4.74 Å². The molecule has 0 bridgehead atoms. The zero-order chi connectivity index (χ0) is 33.3. The average molecular weight is 606 g/mol. The van der Waals surface area contributed by atoms with Gasteiger partial charge in [-0.25, -0.2) is 4.79 Å². The molecule has 0 rings (SSSR count). The van der Waals surface area contributed by atoms with Crippen LogP contribution < -0.4 is 21.3 Å². The monoisotopic (exact) mass is 605 g/mol. The van der Waals surface area contributed by atoms with E-state index < -0.39 is 83.0 Å². The van der Waals surface area contributed by atoms with Gasteiger partial charge >= 0.3 is 12.0 Å². The van der Waals surface area contributed by atoms with Crippen LogP contribution in [0.3, 0.4) is 0 Å². The molecule has 0 spiro atoms. The summed E-state index contributed by atoms with van der Waals surface area (Å²) in [6.07, 6.45) is -0.384. The van der Waals surface area contributed by atoms with Crippen molar-refractivity contribution in [3.63, 3.8) is 0 Å². The number of carbonyl (C=O) groups is 6. The van der Waals surface area contributed by atoms with E-state index in [9.17, 15) is 28.8 Å². The SMILES string of the molecule is CCC(C)[C@H](NC(=O)[C@@H](NC(=O)C(F)(F)C(=O)[C@H](C)NC(=O)[C@@H](NC(=O)OC(C)(C)C)C(C)C)C(C)C)C(=O)N(C)C. The maximum absolute atomic E-state index is 15.0. The molecule has 5 atom stereocenters. The lowest BCUT2D eigenvalue weighted by molar-refractivity contribution is -0.161. The van der Waals surface area contributed by atoms with Crippen LogP contribution in [0.25, 0.3) is 0 Å². The number of alkyl halides is 2. The van der Waals surface area contributed by atoms with Gasteiger partial charge in [-0.1, -0.05) is 48.0 Å². The first kappa shape index (κ1) is 38.7. The molecule has 0 heterocycles. The fourth-order valence-electron chi connectivity index (χ4n) is 3.69.